The van der Waals surface area contributed by atoms with Crippen molar-refractivity contribution >= 4 is 55.8 Å². The molecule has 2 aliphatic carbocycles. The predicted octanol–water partition coefficient (Wildman–Crippen LogP) is 10.6. The van der Waals surface area contributed by atoms with Crippen molar-refractivity contribution in [3.8, 4) is 0 Å². The molecule has 0 bridgehead atoms. The Labute approximate surface area is 249 Å². The van der Waals surface area contributed by atoms with Crippen molar-refractivity contribution < 1.29 is 9.47 Å². The predicted molar refractivity (Wildman–Crippen MR) is 172 cm³/mol. The molecule has 0 N–H and O–H groups in total. The SMILES string of the molecule is CCCCCOC1CCC(C2=Nc3ccc4c5c(ccc(c35)S2)N=C(C2CCC(OCCCCC)CC2)S4)CC1. The van der Waals surface area contributed by atoms with Crippen molar-refractivity contribution in [3.63, 3.8) is 0 Å². The minimum atomic E-state index is 0.443. The van der Waals surface area contributed by atoms with Crippen molar-refractivity contribution in [2.45, 2.75) is 126 Å². The Morgan fingerprint density at radius 3 is 1.43 bits per heavy atom. The van der Waals surface area contributed by atoms with E-state index in [-0.39, 0.29) is 0 Å². The molecule has 0 atom stereocenters. The second-order valence-corrected chi connectivity index (χ2v) is 14.2. The smallest absolute Gasteiger partial charge is 0.0817 e. The van der Waals surface area contributed by atoms with Crippen LogP contribution in [0.15, 0.2) is 44.0 Å². The zero-order chi connectivity index (χ0) is 27.3. The summed E-state index contributed by atoms with van der Waals surface area (Å²) < 4.78 is 12.4. The molecule has 2 aromatic carbocycles. The van der Waals surface area contributed by atoms with Crippen molar-refractivity contribution in [1.82, 2.24) is 0 Å². The third-order valence-electron chi connectivity index (χ3n) is 9.18. The number of hydrogen-bond donors (Lipinski definition) is 0. The summed E-state index contributed by atoms with van der Waals surface area (Å²) in [5, 5.41) is 5.25. The molecule has 2 aliphatic heterocycles. The van der Waals surface area contributed by atoms with Crippen LogP contribution in [-0.4, -0.2) is 35.5 Å². The second-order valence-electron chi connectivity index (χ2n) is 12.1. The fourth-order valence-electron chi connectivity index (χ4n) is 6.77. The van der Waals surface area contributed by atoms with Crippen molar-refractivity contribution in [2.24, 2.45) is 21.8 Å². The minimum Gasteiger partial charge on any atom is -0.378 e. The van der Waals surface area contributed by atoms with Crippen LogP contribution in [0.1, 0.15) is 104 Å². The molecular weight excluding hydrogens is 533 g/mol. The summed E-state index contributed by atoms with van der Waals surface area (Å²) in [6.45, 7) is 6.36. The molecular formula is C34H46N2O2S2. The molecule has 4 nitrogen and oxygen atoms in total. The van der Waals surface area contributed by atoms with Crippen LogP contribution >= 0.6 is 23.5 Å². The summed E-state index contributed by atoms with van der Waals surface area (Å²) in [6, 6.07) is 9.16. The average Bonchev–Trinajstić information content (AvgIpc) is 3.00. The van der Waals surface area contributed by atoms with Crippen LogP contribution in [0.2, 0.25) is 0 Å². The van der Waals surface area contributed by atoms with Crippen LogP contribution in [0.25, 0.3) is 10.8 Å². The van der Waals surface area contributed by atoms with E-state index in [2.05, 4.69) is 38.1 Å². The van der Waals surface area contributed by atoms with Gasteiger partial charge in [0.1, 0.15) is 0 Å². The Bertz CT molecular complexity index is 1130. The van der Waals surface area contributed by atoms with Crippen LogP contribution in [0.4, 0.5) is 11.4 Å². The highest BCUT2D eigenvalue weighted by atomic mass is 32.2. The molecule has 40 heavy (non-hydrogen) atoms. The normalized spacial score (nSPS) is 26.1. The van der Waals surface area contributed by atoms with E-state index < -0.39 is 0 Å². The van der Waals surface area contributed by atoms with Crippen LogP contribution in [0, 0.1) is 11.8 Å². The molecule has 2 heterocycles. The maximum absolute atomic E-state index is 6.18. The number of aliphatic imine (C=N–C) groups is 2. The van der Waals surface area contributed by atoms with Crippen molar-refractivity contribution in [1.29, 1.82) is 0 Å². The van der Waals surface area contributed by atoms with Gasteiger partial charge in [0.25, 0.3) is 0 Å². The Balaban J connectivity index is 1.11. The van der Waals surface area contributed by atoms with Gasteiger partial charge in [-0.1, -0.05) is 63.1 Å². The molecule has 0 saturated heterocycles. The molecule has 4 aliphatic rings. The van der Waals surface area contributed by atoms with Gasteiger partial charge in [0, 0.05) is 45.6 Å². The Hall–Kier alpha value is -1.34. The van der Waals surface area contributed by atoms with E-state index >= 15 is 0 Å². The van der Waals surface area contributed by atoms with Crippen LogP contribution < -0.4 is 0 Å². The lowest BCUT2D eigenvalue weighted by atomic mass is 9.88. The summed E-state index contributed by atoms with van der Waals surface area (Å²) in [6.07, 6.45) is 17.8. The largest absolute Gasteiger partial charge is 0.378 e. The first-order chi connectivity index (χ1) is 19.7. The highest BCUT2D eigenvalue weighted by molar-refractivity contribution is 8.14. The lowest BCUT2D eigenvalue weighted by Crippen LogP contribution is -2.26. The van der Waals surface area contributed by atoms with Gasteiger partial charge in [-0.3, -0.25) is 0 Å². The van der Waals surface area contributed by atoms with Gasteiger partial charge in [0.15, 0.2) is 0 Å². The Morgan fingerprint density at radius 1 is 0.600 bits per heavy atom. The topological polar surface area (TPSA) is 43.2 Å². The molecule has 6 heteroatoms. The molecule has 2 fully saturated rings. The van der Waals surface area contributed by atoms with Gasteiger partial charge in [0.2, 0.25) is 0 Å². The maximum atomic E-state index is 6.18. The first kappa shape index (κ1) is 28.8. The number of rotatable bonds is 12. The van der Waals surface area contributed by atoms with E-state index in [1.165, 1.54) is 94.9 Å². The molecule has 2 saturated carbocycles. The van der Waals surface area contributed by atoms with Gasteiger partial charge in [0.05, 0.1) is 33.7 Å². The summed E-state index contributed by atoms with van der Waals surface area (Å²) in [4.78, 5) is 13.2. The van der Waals surface area contributed by atoms with Gasteiger partial charge in [-0.25, -0.2) is 9.98 Å². The van der Waals surface area contributed by atoms with Gasteiger partial charge in [-0.15, -0.1) is 0 Å². The number of thioether (sulfide) groups is 2. The zero-order valence-corrected chi connectivity index (χ0v) is 26.1. The van der Waals surface area contributed by atoms with E-state index in [0.717, 1.165) is 50.3 Å². The van der Waals surface area contributed by atoms with Crippen molar-refractivity contribution in [2.75, 3.05) is 13.2 Å². The van der Waals surface area contributed by atoms with Gasteiger partial charge < -0.3 is 9.47 Å². The first-order valence-corrected chi connectivity index (χ1v) is 17.7. The van der Waals surface area contributed by atoms with Crippen LogP contribution in [-0.2, 0) is 9.47 Å². The van der Waals surface area contributed by atoms with E-state index in [1.54, 1.807) is 0 Å². The molecule has 2 aromatic rings. The van der Waals surface area contributed by atoms with Gasteiger partial charge in [-0.2, -0.15) is 0 Å². The third kappa shape index (κ3) is 6.50. The van der Waals surface area contributed by atoms with Gasteiger partial charge in [-0.05, 0) is 88.5 Å². The zero-order valence-electron chi connectivity index (χ0n) is 24.5. The molecule has 0 unspecified atom stereocenters. The number of hydrogen-bond acceptors (Lipinski definition) is 6. The molecule has 0 aromatic heterocycles. The van der Waals surface area contributed by atoms with Gasteiger partial charge >= 0.3 is 0 Å². The second kappa shape index (κ2) is 13.8. The molecule has 0 amide bonds. The molecule has 216 valence electrons. The fourth-order valence-corrected chi connectivity index (χ4v) is 9.20. The lowest BCUT2D eigenvalue weighted by Gasteiger charge is -2.32. The highest BCUT2D eigenvalue weighted by Crippen LogP contribution is 2.52. The molecule has 0 spiro atoms. The number of ether oxygens (including phenoxy) is 2. The average molecular weight is 579 g/mol. The Kier molecular flexibility index (Phi) is 9.89. The third-order valence-corrected chi connectivity index (χ3v) is 11.6. The maximum Gasteiger partial charge on any atom is 0.0817 e. The molecule has 6 rings (SSSR count). The summed E-state index contributed by atoms with van der Waals surface area (Å²) >= 11 is 3.82. The van der Waals surface area contributed by atoms with E-state index in [1.807, 2.05) is 23.5 Å². The minimum absolute atomic E-state index is 0.443. The van der Waals surface area contributed by atoms with Crippen LogP contribution in [0.5, 0.6) is 0 Å². The lowest BCUT2D eigenvalue weighted by molar-refractivity contribution is 0.0219. The highest BCUT2D eigenvalue weighted by Gasteiger charge is 2.32. The quantitative estimate of drug-likeness (QED) is 0.235. The number of benzene rings is 2. The summed E-state index contributed by atoms with van der Waals surface area (Å²) in [5.41, 5.74) is 2.28. The summed E-state index contributed by atoms with van der Waals surface area (Å²) in [7, 11) is 0. The van der Waals surface area contributed by atoms with E-state index in [9.17, 15) is 0 Å². The monoisotopic (exact) mass is 578 g/mol. The van der Waals surface area contributed by atoms with E-state index in [0.29, 0.717) is 24.0 Å². The fraction of sp³-hybridized carbons (Fsp3) is 0.647. The first-order valence-electron chi connectivity index (χ1n) is 16.1. The van der Waals surface area contributed by atoms with E-state index in [4.69, 9.17) is 19.5 Å². The number of unbranched alkanes of at least 4 members (excludes halogenated alkanes) is 4. The Morgan fingerprint density at radius 2 is 1.02 bits per heavy atom. The number of nitrogens with zero attached hydrogens (tertiary/aromatic N) is 2. The molecule has 0 radical (unpaired) electrons. The van der Waals surface area contributed by atoms with Crippen LogP contribution in [0.3, 0.4) is 0 Å². The summed E-state index contributed by atoms with van der Waals surface area (Å²) in [5.74, 6) is 1.11. The standard InChI is InChI=1S/C34H46N2O2S2/c1-3-5-7-21-37-25-13-9-23(10-14-25)33-35-27-17-20-30-32-28(18-19-29(39-33)31(27)32)36-34(40-30)24-11-15-26(16-12-24)38-22-8-6-4-2/h17-20,23-26H,3-16,21-22H2,1-2H3. The van der Waals surface area contributed by atoms with Crippen molar-refractivity contribution in [3.05, 3.63) is 24.3 Å².